The van der Waals surface area contributed by atoms with Crippen molar-refractivity contribution in [2.45, 2.75) is 52.1 Å². The molecule has 0 aliphatic heterocycles. The van der Waals surface area contributed by atoms with Crippen LogP contribution in [0.4, 0.5) is 0 Å². The number of carbonyl (C=O) groups excluding carboxylic acids is 1. The number of hydrogen-bond donors (Lipinski definition) is 0. The number of aryl methyl sites for hydroxylation is 1. The second-order valence-electron chi connectivity index (χ2n) is 4.29. The van der Waals surface area contributed by atoms with E-state index in [1.165, 1.54) is 5.56 Å². The Labute approximate surface area is 104 Å². The fourth-order valence-corrected chi connectivity index (χ4v) is 1.80. The Kier molecular flexibility index (Phi) is 6.38. The molecule has 1 atom stereocenters. The summed E-state index contributed by atoms with van der Waals surface area (Å²) in [7, 11) is 0. The summed E-state index contributed by atoms with van der Waals surface area (Å²) in [6, 6.07) is 10.0. The summed E-state index contributed by atoms with van der Waals surface area (Å²) >= 11 is 0. The molecule has 1 rings (SSSR count). The van der Waals surface area contributed by atoms with Gasteiger partial charge in [0, 0.05) is 6.42 Å². The van der Waals surface area contributed by atoms with Gasteiger partial charge in [-0.1, -0.05) is 50.6 Å². The zero-order valence-electron chi connectivity index (χ0n) is 10.8. The van der Waals surface area contributed by atoms with Crippen LogP contribution < -0.4 is 0 Å². The van der Waals surface area contributed by atoms with E-state index in [0.29, 0.717) is 6.42 Å². The first-order valence-corrected chi connectivity index (χ1v) is 6.49. The van der Waals surface area contributed by atoms with Gasteiger partial charge in [-0.3, -0.25) is 4.79 Å². The molecule has 0 aliphatic rings. The number of carbonyl (C=O) groups is 1. The molecule has 0 aliphatic carbocycles. The predicted octanol–water partition coefficient (Wildman–Crippen LogP) is 3.74. The van der Waals surface area contributed by atoms with E-state index in [9.17, 15) is 4.79 Å². The highest BCUT2D eigenvalue weighted by Gasteiger charge is 2.11. The van der Waals surface area contributed by atoms with E-state index >= 15 is 0 Å². The zero-order chi connectivity index (χ0) is 12.5. The second kappa shape index (κ2) is 7.88. The lowest BCUT2D eigenvalue weighted by molar-refractivity contribution is -0.149. The van der Waals surface area contributed by atoms with Gasteiger partial charge in [-0.15, -0.1) is 0 Å². The first kappa shape index (κ1) is 13.8. The molecule has 0 fully saturated rings. The van der Waals surface area contributed by atoms with E-state index in [4.69, 9.17) is 4.74 Å². The van der Waals surface area contributed by atoms with Crippen LogP contribution in [0.15, 0.2) is 30.3 Å². The highest BCUT2D eigenvalue weighted by atomic mass is 16.5. The highest BCUT2D eigenvalue weighted by molar-refractivity contribution is 5.69. The maximum atomic E-state index is 11.6. The van der Waals surface area contributed by atoms with Crippen molar-refractivity contribution in [3.63, 3.8) is 0 Å². The van der Waals surface area contributed by atoms with Gasteiger partial charge in [0.2, 0.25) is 0 Å². The molecule has 0 saturated heterocycles. The van der Waals surface area contributed by atoms with Crippen LogP contribution in [0.5, 0.6) is 0 Å². The van der Waals surface area contributed by atoms with Crippen LogP contribution in [0.3, 0.4) is 0 Å². The number of benzene rings is 1. The van der Waals surface area contributed by atoms with E-state index < -0.39 is 0 Å². The number of esters is 1. The molecule has 1 unspecified atom stereocenters. The van der Waals surface area contributed by atoms with Crippen molar-refractivity contribution in [1.29, 1.82) is 0 Å². The number of rotatable bonds is 7. The minimum atomic E-state index is -0.0749. The first-order valence-electron chi connectivity index (χ1n) is 6.49. The fraction of sp³-hybridized carbons (Fsp3) is 0.533. The molecule has 94 valence electrons. The zero-order valence-corrected chi connectivity index (χ0v) is 10.8. The average Bonchev–Trinajstić information content (AvgIpc) is 2.37. The normalized spacial score (nSPS) is 12.1. The fourth-order valence-electron chi connectivity index (χ4n) is 1.80. The smallest absolute Gasteiger partial charge is 0.306 e. The Balaban J connectivity index is 2.30. The summed E-state index contributed by atoms with van der Waals surface area (Å²) in [6.45, 7) is 4.17. The molecule has 0 amide bonds. The molecule has 0 aromatic heterocycles. The van der Waals surface area contributed by atoms with Crippen LogP contribution in [0, 0.1) is 0 Å². The molecular weight excluding hydrogens is 212 g/mol. The summed E-state index contributed by atoms with van der Waals surface area (Å²) in [5.74, 6) is -0.0749. The van der Waals surface area contributed by atoms with E-state index in [2.05, 4.69) is 13.8 Å². The van der Waals surface area contributed by atoms with Gasteiger partial charge < -0.3 is 4.74 Å². The summed E-state index contributed by atoms with van der Waals surface area (Å²) in [5.41, 5.74) is 1.19. The van der Waals surface area contributed by atoms with Crippen LogP contribution in [0.1, 0.15) is 45.1 Å². The largest absolute Gasteiger partial charge is 0.462 e. The van der Waals surface area contributed by atoms with E-state index in [-0.39, 0.29) is 12.1 Å². The van der Waals surface area contributed by atoms with Crippen LogP contribution >= 0.6 is 0 Å². The van der Waals surface area contributed by atoms with Gasteiger partial charge in [0.05, 0.1) is 0 Å². The lowest BCUT2D eigenvalue weighted by Crippen LogP contribution is -2.17. The molecule has 0 spiro atoms. The highest BCUT2D eigenvalue weighted by Crippen LogP contribution is 2.09. The Bertz CT molecular complexity index is 319. The lowest BCUT2D eigenvalue weighted by Gasteiger charge is -2.15. The minimum Gasteiger partial charge on any atom is -0.462 e. The molecule has 1 aromatic rings. The maximum absolute atomic E-state index is 11.6. The molecule has 0 bridgehead atoms. The van der Waals surface area contributed by atoms with Crippen molar-refractivity contribution in [1.82, 2.24) is 0 Å². The summed E-state index contributed by atoms with van der Waals surface area (Å²) in [4.78, 5) is 11.6. The van der Waals surface area contributed by atoms with E-state index in [0.717, 1.165) is 25.7 Å². The first-order chi connectivity index (χ1) is 8.26. The van der Waals surface area contributed by atoms with Crippen molar-refractivity contribution < 1.29 is 9.53 Å². The third-order valence-corrected chi connectivity index (χ3v) is 2.82. The van der Waals surface area contributed by atoms with Gasteiger partial charge in [-0.2, -0.15) is 0 Å². The number of hydrogen-bond acceptors (Lipinski definition) is 2. The second-order valence-corrected chi connectivity index (χ2v) is 4.29. The van der Waals surface area contributed by atoms with Gasteiger partial charge in [-0.25, -0.2) is 0 Å². The lowest BCUT2D eigenvalue weighted by atomic mass is 10.1. The van der Waals surface area contributed by atoms with Gasteiger partial charge in [0.1, 0.15) is 6.10 Å². The Morgan fingerprint density at radius 3 is 2.53 bits per heavy atom. The SMILES string of the molecule is CCCC(CC)OC(=O)CCc1ccccc1. The Morgan fingerprint density at radius 2 is 1.94 bits per heavy atom. The minimum absolute atomic E-state index is 0.0749. The van der Waals surface area contributed by atoms with Gasteiger partial charge in [0.15, 0.2) is 0 Å². The van der Waals surface area contributed by atoms with Gasteiger partial charge in [0.25, 0.3) is 0 Å². The molecule has 0 heterocycles. The van der Waals surface area contributed by atoms with Crippen molar-refractivity contribution >= 4 is 5.97 Å². The van der Waals surface area contributed by atoms with E-state index in [1.807, 2.05) is 30.3 Å². The van der Waals surface area contributed by atoms with Crippen molar-refractivity contribution in [3.8, 4) is 0 Å². The molecule has 17 heavy (non-hydrogen) atoms. The third-order valence-electron chi connectivity index (χ3n) is 2.82. The Morgan fingerprint density at radius 1 is 1.24 bits per heavy atom. The summed E-state index contributed by atoms with van der Waals surface area (Å²) in [6.07, 6.45) is 4.28. The van der Waals surface area contributed by atoms with E-state index in [1.54, 1.807) is 0 Å². The van der Waals surface area contributed by atoms with Crippen LogP contribution in [0.25, 0.3) is 0 Å². The summed E-state index contributed by atoms with van der Waals surface area (Å²) < 4.78 is 5.42. The number of ether oxygens (including phenoxy) is 1. The Hall–Kier alpha value is -1.31. The molecule has 0 N–H and O–H groups in total. The third kappa shape index (κ3) is 5.53. The predicted molar refractivity (Wildman–Crippen MR) is 69.8 cm³/mol. The molecule has 2 heteroatoms. The van der Waals surface area contributed by atoms with Crippen LogP contribution in [-0.2, 0) is 16.0 Å². The van der Waals surface area contributed by atoms with Crippen molar-refractivity contribution in [2.75, 3.05) is 0 Å². The summed E-state index contributed by atoms with van der Waals surface area (Å²) in [5, 5.41) is 0. The molecular formula is C15H22O2. The van der Waals surface area contributed by atoms with Crippen LogP contribution in [-0.4, -0.2) is 12.1 Å². The monoisotopic (exact) mass is 234 g/mol. The maximum Gasteiger partial charge on any atom is 0.306 e. The average molecular weight is 234 g/mol. The quantitative estimate of drug-likeness (QED) is 0.672. The van der Waals surface area contributed by atoms with Crippen LogP contribution in [0.2, 0.25) is 0 Å². The van der Waals surface area contributed by atoms with Crippen molar-refractivity contribution in [2.24, 2.45) is 0 Å². The molecule has 0 radical (unpaired) electrons. The molecule has 2 nitrogen and oxygen atoms in total. The standard InChI is InChI=1S/C15H22O2/c1-3-8-14(4-2)17-15(16)12-11-13-9-6-5-7-10-13/h5-7,9-10,14H,3-4,8,11-12H2,1-2H3. The molecule has 0 saturated carbocycles. The molecule has 1 aromatic carbocycles. The van der Waals surface area contributed by atoms with Gasteiger partial charge >= 0.3 is 5.97 Å². The van der Waals surface area contributed by atoms with Crippen molar-refractivity contribution in [3.05, 3.63) is 35.9 Å². The topological polar surface area (TPSA) is 26.3 Å². The van der Waals surface area contributed by atoms with Gasteiger partial charge in [-0.05, 0) is 24.8 Å².